The number of carbonyl (C=O) groups is 2. The van der Waals surface area contributed by atoms with Gasteiger partial charge in [-0.3, -0.25) is 9.59 Å². The lowest BCUT2D eigenvalue weighted by Crippen LogP contribution is -2.59. The molecule has 4 saturated carbocycles. The van der Waals surface area contributed by atoms with E-state index in [2.05, 4.69) is 35.9 Å². The predicted molar refractivity (Wildman–Crippen MR) is 111 cm³/mol. The van der Waals surface area contributed by atoms with Gasteiger partial charge in [0.15, 0.2) is 0 Å². The zero-order valence-electron chi connectivity index (χ0n) is 17.2. The second-order valence-corrected chi connectivity index (χ2v) is 11.3. The van der Waals surface area contributed by atoms with Crippen LogP contribution < -0.4 is 0 Å². The Morgan fingerprint density at radius 2 is 2.04 bits per heavy atom. The van der Waals surface area contributed by atoms with Crippen molar-refractivity contribution in [1.82, 2.24) is 0 Å². The van der Waals surface area contributed by atoms with Gasteiger partial charge in [-0.25, -0.2) is 0 Å². The molecule has 0 saturated heterocycles. The highest BCUT2D eigenvalue weighted by Gasteiger charge is 2.62. The third-order valence-corrected chi connectivity index (χ3v) is 9.71. The molecule has 0 heterocycles. The van der Waals surface area contributed by atoms with Crippen molar-refractivity contribution in [3.05, 3.63) is 11.6 Å². The average molecular weight is 453 g/mol. The SMILES string of the molecule is CC(=O)OC/C=C1\CC[C@H]2[C@@H]3CC[C@H]4CC(=O)[C@H](Br)C[C@]4(C)[C@H]3[C@@H](O)C[C@]12C. The van der Waals surface area contributed by atoms with Gasteiger partial charge < -0.3 is 9.84 Å². The van der Waals surface area contributed by atoms with Gasteiger partial charge in [0.1, 0.15) is 12.4 Å². The molecule has 0 aliphatic heterocycles. The molecule has 0 radical (unpaired) electrons. The Kier molecular flexibility index (Phi) is 5.31. The number of alkyl halides is 1. The Morgan fingerprint density at radius 3 is 2.75 bits per heavy atom. The Balaban J connectivity index is 1.61. The first-order valence-corrected chi connectivity index (χ1v) is 11.8. The molecule has 156 valence electrons. The summed E-state index contributed by atoms with van der Waals surface area (Å²) in [6.45, 7) is 6.44. The number of carbonyl (C=O) groups excluding carboxylic acids is 2. The van der Waals surface area contributed by atoms with E-state index in [1.54, 1.807) is 0 Å². The Morgan fingerprint density at radius 1 is 1.29 bits per heavy atom. The van der Waals surface area contributed by atoms with Crippen LogP contribution in [0.3, 0.4) is 0 Å². The van der Waals surface area contributed by atoms with Crippen molar-refractivity contribution in [2.45, 2.75) is 76.6 Å². The van der Waals surface area contributed by atoms with Gasteiger partial charge in [-0.05, 0) is 79.1 Å². The highest BCUT2D eigenvalue weighted by atomic mass is 79.9. The molecule has 0 amide bonds. The van der Waals surface area contributed by atoms with Gasteiger partial charge in [0, 0.05) is 13.3 Å². The van der Waals surface area contributed by atoms with Gasteiger partial charge in [-0.15, -0.1) is 0 Å². The molecule has 4 rings (SSSR count). The van der Waals surface area contributed by atoms with Crippen LogP contribution in [-0.4, -0.2) is 34.4 Å². The number of esters is 1. The molecule has 4 aliphatic rings. The largest absolute Gasteiger partial charge is 0.462 e. The second kappa shape index (κ2) is 7.23. The summed E-state index contributed by atoms with van der Waals surface area (Å²) in [6, 6.07) is 0. The van der Waals surface area contributed by atoms with E-state index in [4.69, 9.17) is 4.74 Å². The fourth-order valence-electron chi connectivity index (χ4n) is 7.63. The van der Waals surface area contributed by atoms with Crippen molar-refractivity contribution in [2.24, 2.45) is 34.5 Å². The number of hydrogen-bond acceptors (Lipinski definition) is 4. The van der Waals surface area contributed by atoms with Gasteiger partial charge in [-0.2, -0.15) is 0 Å². The molecular weight excluding hydrogens is 420 g/mol. The van der Waals surface area contributed by atoms with E-state index in [0.29, 0.717) is 36.6 Å². The van der Waals surface area contributed by atoms with E-state index >= 15 is 0 Å². The number of ether oxygens (including phenoxy) is 1. The summed E-state index contributed by atoms with van der Waals surface area (Å²) in [5.41, 5.74) is 1.40. The minimum Gasteiger partial charge on any atom is -0.462 e. The summed E-state index contributed by atoms with van der Waals surface area (Å²) in [5.74, 6) is 1.88. The molecule has 8 atom stereocenters. The van der Waals surface area contributed by atoms with Gasteiger partial charge in [0.2, 0.25) is 0 Å². The molecule has 0 aromatic rings. The zero-order chi connectivity index (χ0) is 20.3. The quantitative estimate of drug-likeness (QED) is 0.382. The first-order chi connectivity index (χ1) is 13.2. The molecule has 0 bridgehead atoms. The number of hydrogen-bond donors (Lipinski definition) is 1. The van der Waals surface area contributed by atoms with Crippen molar-refractivity contribution in [3.63, 3.8) is 0 Å². The van der Waals surface area contributed by atoms with Crippen LogP contribution in [-0.2, 0) is 14.3 Å². The Hall–Kier alpha value is -0.680. The van der Waals surface area contributed by atoms with E-state index in [9.17, 15) is 14.7 Å². The number of fused-ring (bicyclic) bond motifs is 5. The number of rotatable bonds is 2. The highest BCUT2D eigenvalue weighted by Crippen LogP contribution is 2.67. The summed E-state index contributed by atoms with van der Waals surface area (Å²) < 4.78 is 5.16. The molecule has 4 nitrogen and oxygen atoms in total. The van der Waals surface area contributed by atoms with Crippen molar-refractivity contribution in [3.8, 4) is 0 Å². The summed E-state index contributed by atoms with van der Waals surface area (Å²) in [7, 11) is 0. The van der Waals surface area contributed by atoms with E-state index in [1.807, 2.05) is 0 Å². The number of aliphatic hydroxyl groups is 1. The number of ketones is 1. The first-order valence-electron chi connectivity index (χ1n) is 10.8. The molecule has 4 aliphatic carbocycles. The van der Waals surface area contributed by atoms with Gasteiger partial charge >= 0.3 is 5.97 Å². The van der Waals surface area contributed by atoms with Gasteiger partial charge in [-0.1, -0.05) is 35.4 Å². The fraction of sp³-hybridized carbons (Fsp3) is 0.826. The van der Waals surface area contributed by atoms with Crippen LogP contribution in [0.1, 0.15) is 65.7 Å². The Labute approximate surface area is 176 Å². The molecule has 28 heavy (non-hydrogen) atoms. The maximum absolute atomic E-state index is 12.3. The number of aliphatic hydroxyl groups excluding tert-OH is 1. The van der Waals surface area contributed by atoms with Crippen LogP contribution >= 0.6 is 15.9 Å². The lowest BCUT2D eigenvalue weighted by molar-refractivity contribution is -0.162. The normalized spacial score (nSPS) is 49.3. The summed E-state index contributed by atoms with van der Waals surface area (Å²) in [5, 5.41) is 11.4. The molecular formula is C23H33BrO4. The molecule has 4 fully saturated rings. The molecule has 5 heteroatoms. The lowest BCUT2D eigenvalue weighted by atomic mass is 9.44. The minimum absolute atomic E-state index is 0.00220. The van der Waals surface area contributed by atoms with E-state index < -0.39 is 0 Å². The van der Waals surface area contributed by atoms with Crippen LogP contribution in [0.5, 0.6) is 0 Å². The molecule has 0 aromatic heterocycles. The van der Waals surface area contributed by atoms with Crippen LogP contribution in [0.2, 0.25) is 0 Å². The fourth-order valence-corrected chi connectivity index (χ4v) is 8.51. The van der Waals surface area contributed by atoms with Crippen molar-refractivity contribution in [1.29, 1.82) is 0 Å². The monoisotopic (exact) mass is 452 g/mol. The Bertz CT molecular complexity index is 703. The third-order valence-electron chi connectivity index (χ3n) is 8.88. The maximum atomic E-state index is 12.3. The number of halogens is 1. The topological polar surface area (TPSA) is 63.6 Å². The van der Waals surface area contributed by atoms with Crippen LogP contribution in [0.4, 0.5) is 0 Å². The average Bonchev–Trinajstić information content (AvgIpc) is 2.92. The third kappa shape index (κ3) is 3.12. The molecule has 0 unspecified atom stereocenters. The minimum atomic E-state index is -0.331. The van der Waals surface area contributed by atoms with Crippen LogP contribution in [0.15, 0.2) is 11.6 Å². The van der Waals surface area contributed by atoms with Crippen LogP contribution in [0, 0.1) is 34.5 Å². The zero-order valence-corrected chi connectivity index (χ0v) is 18.8. The van der Waals surface area contributed by atoms with Gasteiger partial charge in [0.25, 0.3) is 0 Å². The van der Waals surface area contributed by atoms with E-state index in [0.717, 1.165) is 38.5 Å². The van der Waals surface area contributed by atoms with Gasteiger partial charge in [0.05, 0.1) is 10.9 Å². The van der Waals surface area contributed by atoms with E-state index in [-0.39, 0.29) is 33.6 Å². The second-order valence-electron chi connectivity index (χ2n) is 10.2. The lowest BCUT2D eigenvalue weighted by Gasteiger charge is -2.61. The van der Waals surface area contributed by atoms with Crippen molar-refractivity contribution < 1.29 is 19.4 Å². The summed E-state index contributed by atoms with van der Waals surface area (Å²) >= 11 is 3.62. The number of allylic oxidation sites excluding steroid dienone is 1. The van der Waals surface area contributed by atoms with Crippen molar-refractivity contribution in [2.75, 3.05) is 6.61 Å². The first kappa shape index (κ1) is 20.6. The van der Waals surface area contributed by atoms with Crippen molar-refractivity contribution >= 4 is 27.7 Å². The van der Waals surface area contributed by atoms with Crippen LogP contribution in [0.25, 0.3) is 0 Å². The smallest absolute Gasteiger partial charge is 0.302 e. The summed E-state index contributed by atoms with van der Waals surface area (Å²) in [6.07, 6.45) is 8.50. The predicted octanol–water partition coefficient (Wildman–Crippen LogP) is 4.43. The standard InChI is InChI=1S/C23H33BrO4/c1-13(25)28-9-8-14-5-7-17-16-6-4-15-10-19(26)18(24)11-23(15,3)21(16)20(27)12-22(14,17)2/h8,15-18,20-21,27H,4-7,9-12H2,1-3H3/b14-8+/t15-,16-,17-,18+,20-,21+,22+,23-/m0/s1. The highest BCUT2D eigenvalue weighted by molar-refractivity contribution is 9.10. The van der Waals surface area contributed by atoms with E-state index in [1.165, 1.54) is 12.5 Å². The molecule has 0 aromatic carbocycles. The molecule has 0 spiro atoms. The number of Topliss-reactive ketones (excluding diaryl/α,β-unsaturated/α-hetero) is 1. The summed E-state index contributed by atoms with van der Waals surface area (Å²) in [4.78, 5) is 23.4. The maximum Gasteiger partial charge on any atom is 0.302 e. The molecule has 1 N–H and O–H groups in total.